The van der Waals surface area contributed by atoms with E-state index in [1.807, 2.05) is 71.6 Å². The molecule has 1 amide bonds. The number of likely N-dealkylation sites (tertiary alicyclic amines) is 1. The van der Waals surface area contributed by atoms with Crippen LogP contribution in [0.4, 0.5) is 0 Å². The first-order valence-electron chi connectivity index (χ1n) is 9.52. The van der Waals surface area contributed by atoms with Crippen LogP contribution in [-0.4, -0.2) is 40.0 Å². The second-order valence-electron chi connectivity index (χ2n) is 6.89. The standard InChI is InChI=1S/C23H20N4O2/c24-15-20-22(26-13-12-25-20)29-19-11-14-27(16-19)23(28)21(17-7-3-1-4-8-17)18-9-5-2-6-10-18/h1-10,12-13,19,21H,11,14,16H2. The maximum Gasteiger partial charge on any atom is 0.251 e. The zero-order valence-electron chi connectivity index (χ0n) is 15.8. The number of nitrogens with zero attached hydrogens (tertiary/aromatic N) is 4. The van der Waals surface area contributed by atoms with Crippen LogP contribution in [0.5, 0.6) is 5.88 Å². The van der Waals surface area contributed by atoms with Gasteiger partial charge in [-0.25, -0.2) is 9.97 Å². The van der Waals surface area contributed by atoms with Gasteiger partial charge < -0.3 is 9.64 Å². The molecule has 6 nitrogen and oxygen atoms in total. The van der Waals surface area contributed by atoms with E-state index in [2.05, 4.69) is 9.97 Å². The minimum atomic E-state index is -0.359. The quantitative estimate of drug-likeness (QED) is 0.675. The van der Waals surface area contributed by atoms with E-state index in [0.29, 0.717) is 19.5 Å². The first kappa shape index (κ1) is 18.6. The highest BCUT2D eigenvalue weighted by Crippen LogP contribution is 2.29. The molecule has 1 atom stereocenters. The highest BCUT2D eigenvalue weighted by molar-refractivity contribution is 5.87. The van der Waals surface area contributed by atoms with Crippen LogP contribution >= 0.6 is 0 Å². The fourth-order valence-electron chi connectivity index (χ4n) is 3.62. The van der Waals surface area contributed by atoms with Gasteiger partial charge in [-0.1, -0.05) is 60.7 Å². The summed E-state index contributed by atoms with van der Waals surface area (Å²) in [6.45, 7) is 1.05. The molecule has 0 saturated carbocycles. The number of aromatic nitrogens is 2. The molecule has 2 aromatic carbocycles. The van der Waals surface area contributed by atoms with Crippen molar-refractivity contribution in [2.45, 2.75) is 18.4 Å². The normalized spacial score (nSPS) is 15.9. The molecule has 0 bridgehead atoms. The smallest absolute Gasteiger partial charge is 0.251 e. The van der Waals surface area contributed by atoms with Crippen LogP contribution < -0.4 is 4.74 Å². The number of hydrogen-bond acceptors (Lipinski definition) is 5. The van der Waals surface area contributed by atoms with E-state index >= 15 is 0 Å². The summed E-state index contributed by atoms with van der Waals surface area (Å²) in [6, 6.07) is 21.6. The van der Waals surface area contributed by atoms with Gasteiger partial charge in [0.25, 0.3) is 5.88 Å². The van der Waals surface area contributed by atoms with Gasteiger partial charge in [0.15, 0.2) is 0 Å². The Balaban J connectivity index is 1.53. The molecule has 1 aromatic heterocycles. The Morgan fingerprint density at radius 1 is 1.03 bits per heavy atom. The van der Waals surface area contributed by atoms with Gasteiger partial charge in [0.2, 0.25) is 11.6 Å². The lowest BCUT2D eigenvalue weighted by molar-refractivity contribution is -0.131. The van der Waals surface area contributed by atoms with Crippen molar-refractivity contribution in [3.8, 4) is 11.9 Å². The molecule has 29 heavy (non-hydrogen) atoms. The summed E-state index contributed by atoms with van der Waals surface area (Å²) in [4.78, 5) is 23.4. The molecular weight excluding hydrogens is 364 g/mol. The van der Waals surface area contributed by atoms with Crippen molar-refractivity contribution >= 4 is 5.91 Å². The maximum atomic E-state index is 13.5. The second kappa shape index (κ2) is 8.53. The number of ether oxygens (including phenoxy) is 1. The molecule has 0 radical (unpaired) electrons. The Morgan fingerprint density at radius 3 is 2.28 bits per heavy atom. The first-order chi connectivity index (χ1) is 14.3. The molecule has 4 rings (SSSR count). The van der Waals surface area contributed by atoms with Crippen molar-refractivity contribution in [1.82, 2.24) is 14.9 Å². The fourth-order valence-corrected chi connectivity index (χ4v) is 3.62. The Bertz CT molecular complexity index is 978. The summed E-state index contributed by atoms with van der Waals surface area (Å²) in [7, 11) is 0. The minimum absolute atomic E-state index is 0.0492. The van der Waals surface area contributed by atoms with Crippen LogP contribution in [-0.2, 0) is 4.79 Å². The first-order valence-corrected chi connectivity index (χ1v) is 9.52. The van der Waals surface area contributed by atoms with Gasteiger partial charge in [0, 0.05) is 25.4 Å². The Hall–Kier alpha value is -3.72. The molecule has 1 unspecified atom stereocenters. The monoisotopic (exact) mass is 384 g/mol. The third kappa shape index (κ3) is 4.09. The molecule has 1 saturated heterocycles. The molecular formula is C23H20N4O2. The molecule has 1 fully saturated rings. The Labute approximate surface area is 169 Å². The average Bonchev–Trinajstić information content (AvgIpc) is 3.24. The van der Waals surface area contributed by atoms with Crippen LogP contribution in [0.3, 0.4) is 0 Å². The fraction of sp³-hybridized carbons (Fsp3) is 0.217. The molecule has 1 aliphatic rings. The lowest BCUT2D eigenvalue weighted by Crippen LogP contribution is -2.35. The summed E-state index contributed by atoms with van der Waals surface area (Å²) >= 11 is 0. The van der Waals surface area contributed by atoms with Crippen LogP contribution in [0, 0.1) is 11.3 Å². The number of nitriles is 1. The number of hydrogen-bond donors (Lipinski definition) is 0. The topological polar surface area (TPSA) is 79.1 Å². The molecule has 0 spiro atoms. The van der Waals surface area contributed by atoms with E-state index in [-0.39, 0.29) is 29.5 Å². The van der Waals surface area contributed by atoms with Gasteiger partial charge in [0.05, 0.1) is 12.5 Å². The van der Waals surface area contributed by atoms with E-state index in [9.17, 15) is 4.79 Å². The average molecular weight is 384 g/mol. The summed E-state index contributed by atoms with van der Waals surface area (Å²) in [5.74, 6) is -0.0903. The number of carbonyl (C=O) groups excluding carboxylic acids is 1. The van der Waals surface area contributed by atoms with Crippen LogP contribution in [0.2, 0.25) is 0 Å². The molecule has 1 aliphatic heterocycles. The van der Waals surface area contributed by atoms with Crippen molar-refractivity contribution in [2.75, 3.05) is 13.1 Å². The summed E-state index contributed by atoms with van der Waals surface area (Å²) < 4.78 is 5.88. The number of amides is 1. The lowest BCUT2D eigenvalue weighted by Gasteiger charge is -2.24. The Kier molecular flexibility index (Phi) is 5.48. The highest BCUT2D eigenvalue weighted by Gasteiger charge is 2.34. The van der Waals surface area contributed by atoms with E-state index in [1.54, 1.807) is 0 Å². The van der Waals surface area contributed by atoms with Crippen LogP contribution in [0.15, 0.2) is 73.1 Å². The molecule has 3 aromatic rings. The van der Waals surface area contributed by atoms with Crippen molar-refractivity contribution in [2.24, 2.45) is 0 Å². The third-order valence-electron chi connectivity index (χ3n) is 5.02. The SMILES string of the molecule is N#Cc1nccnc1OC1CCN(C(=O)C(c2ccccc2)c2ccccc2)C1. The zero-order valence-corrected chi connectivity index (χ0v) is 15.8. The molecule has 6 heteroatoms. The zero-order chi connectivity index (χ0) is 20.1. The number of rotatable bonds is 5. The third-order valence-corrected chi connectivity index (χ3v) is 5.02. The van der Waals surface area contributed by atoms with E-state index < -0.39 is 0 Å². The Morgan fingerprint density at radius 2 is 1.66 bits per heavy atom. The maximum absolute atomic E-state index is 13.5. The lowest BCUT2D eigenvalue weighted by atomic mass is 9.90. The summed E-state index contributed by atoms with van der Waals surface area (Å²) in [6.07, 6.45) is 3.42. The largest absolute Gasteiger partial charge is 0.470 e. The van der Waals surface area contributed by atoms with Gasteiger partial charge in [-0.2, -0.15) is 5.26 Å². The molecule has 0 N–H and O–H groups in total. The van der Waals surface area contributed by atoms with Crippen LogP contribution in [0.25, 0.3) is 0 Å². The van der Waals surface area contributed by atoms with E-state index in [4.69, 9.17) is 10.00 Å². The molecule has 0 aliphatic carbocycles. The predicted molar refractivity (Wildman–Crippen MR) is 107 cm³/mol. The van der Waals surface area contributed by atoms with Gasteiger partial charge in [-0.3, -0.25) is 4.79 Å². The minimum Gasteiger partial charge on any atom is -0.470 e. The van der Waals surface area contributed by atoms with Gasteiger partial charge in [-0.05, 0) is 11.1 Å². The van der Waals surface area contributed by atoms with Crippen molar-refractivity contribution < 1.29 is 9.53 Å². The van der Waals surface area contributed by atoms with Gasteiger partial charge in [0.1, 0.15) is 12.2 Å². The highest BCUT2D eigenvalue weighted by atomic mass is 16.5. The van der Waals surface area contributed by atoms with Crippen LogP contribution in [0.1, 0.15) is 29.2 Å². The summed E-state index contributed by atoms with van der Waals surface area (Å²) in [5, 5.41) is 9.16. The van der Waals surface area contributed by atoms with Crippen molar-refractivity contribution in [3.63, 3.8) is 0 Å². The number of benzene rings is 2. The van der Waals surface area contributed by atoms with Gasteiger partial charge >= 0.3 is 0 Å². The number of carbonyl (C=O) groups is 1. The molecule has 2 heterocycles. The van der Waals surface area contributed by atoms with E-state index in [0.717, 1.165) is 11.1 Å². The van der Waals surface area contributed by atoms with Crippen molar-refractivity contribution in [1.29, 1.82) is 5.26 Å². The second-order valence-corrected chi connectivity index (χ2v) is 6.89. The van der Waals surface area contributed by atoms with Gasteiger partial charge in [-0.15, -0.1) is 0 Å². The molecule has 144 valence electrons. The van der Waals surface area contributed by atoms with E-state index in [1.165, 1.54) is 12.4 Å². The van der Waals surface area contributed by atoms with Crippen molar-refractivity contribution in [3.05, 3.63) is 89.9 Å². The predicted octanol–water partition coefficient (Wildman–Crippen LogP) is 3.16. The summed E-state index contributed by atoms with van der Waals surface area (Å²) in [5.41, 5.74) is 2.09.